The van der Waals surface area contributed by atoms with E-state index in [4.69, 9.17) is 0 Å². The Morgan fingerprint density at radius 1 is 1.47 bits per heavy atom. The van der Waals surface area contributed by atoms with Gasteiger partial charge in [0.05, 0.1) is 0 Å². The molecule has 1 unspecified atom stereocenters. The van der Waals surface area contributed by atoms with Gasteiger partial charge in [-0.2, -0.15) is 0 Å². The van der Waals surface area contributed by atoms with Gasteiger partial charge < -0.3 is 15.4 Å². The number of amides is 2. The van der Waals surface area contributed by atoms with Gasteiger partial charge in [-0.05, 0) is 25.5 Å². The third-order valence-corrected chi connectivity index (χ3v) is 2.63. The number of carbonyl (C=O) groups is 2. The average molecular weight is 234 g/mol. The van der Waals surface area contributed by atoms with E-state index in [1.54, 1.807) is 0 Å². The molecule has 17 heavy (non-hydrogen) atoms. The summed E-state index contributed by atoms with van der Waals surface area (Å²) in [6.07, 6.45) is -0.550. The Morgan fingerprint density at radius 2 is 2.24 bits per heavy atom. The van der Waals surface area contributed by atoms with Crippen molar-refractivity contribution in [1.29, 1.82) is 0 Å². The highest BCUT2D eigenvalue weighted by Crippen LogP contribution is 2.16. The molecule has 2 amide bonds. The SMILES string of the molecule is Cc1ccc(NC(=O)C2COC(=O)N2)c(C)c1. The van der Waals surface area contributed by atoms with E-state index in [1.807, 2.05) is 32.0 Å². The van der Waals surface area contributed by atoms with E-state index < -0.39 is 12.1 Å². The maximum Gasteiger partial charge on any atom is 0.407 e. The Morgan fingerprint density at radius 3 is 2.82 bits per heavy atom. The Labute approximate surface area is 99.2 Å². The van der Waals surface area contributed by atoms with Gasteiger partial charge in [0.2, 0.25) is 0 Å². The topological polar surface area (TPSA) is 67.4 Å². The molecule has 5 nitrogen and oxygen atoms in total. The molecule has 1 heterocycles. The molecule has 90 valence electrons. The van der Waals surface area contributed by atoms with E-state index in [1.165, 1.54) is 0 Å². The molecule has 2 N–H and O–H groups in total. The minimum absolute atomic E-state index is 0.0789. The summed E-state index contributed by atoms with van der Waals surface area (Å²) in [5.41, 5.74) is 2.88. The number of hydrogen-bond acceptors (Lipinski definition) is 3. The fourth-order valence-corrected chi connectivity index (χ4v) is 1.70. The van der Waals surface area contributed by atoms with Crippen LogP contribution in [0.15, 0.2) is 18.2 Å². The highest BCUT2D eigenvalue weighted by molar-refractivity contribution is 5.98. The average Bonchev–Trinajstić information content (AvgIpc) is 2.69. The maximum atomic E-state index is 11.8. The van der Waals surface area contributed by atoms with Gasteiger partial charge in [-0.3, -0.25) is 4.79 Å². The monoisotopic (exact) mass is 234 g/mol. The first-order valence-corrected chi connectivity index (χ1v) is 5.37. The number of anilines is 1. The standard InChI is InChI=1S/C12H14N2O3/c1-7-3-4-9(8(2)5-7)13-11(15)10-6-17-12(16)14-10/h3-5,10H,6H2,1-2H3,(H,13,15)(H,14,16). The van der Waals surface area contributed by atoms with E-state index in [0.717, 1.165) is 16.8 Å². The zero-order valence-electron chi connectivity index (χ0n) is 9.74. The highest BCUT2D eigenvalue weighted by Gasteiger charge is 2.28. The first-order chi connectivity index (χ1) is 8.06. The van der Waals surface area contributed by atoms with E-state index in [9.17, 15) is 9.59 Å². The van der Waals surface area contributed by atoms with Crippen LogP contribution in [0.3, 0.4) is 0 Å². The number of alkyl carbamates (subject to hydrolysis) is 1. The lowest BCUT2D eigenvalue weighted by atomic mass is 10.1. The second-order valence-electron chi connectivity index (χ2n) is 4.10. The molecule has 0 aliphatic carbocycles. The van der Waals surface area contributed by atoms with Crippen molar-refractivity contribution < 1.29 is 14.3 Å². The zero-order valence-corrected chi connectivity index (χ0v) is 9.74. The third-order valence-electron chi connectivity index (χ3n) is 2.63. The van der Waals surface area contributed by atoms with Crippen LogP contribution in [0.4, 0.5) is 10.5 Å². The summed E-state index contributed by atoms with van der Waals surface area (Å²) >= 11 is 0. The van der Waals surface area contributed by atoms with Crippen LogP contribution < -0.4 is 10.6 Å². The molecule has 1 saturated heterocycles. The number of rotatable bonds is 2. The normalized spacial score (nSPS) is 18.5. The van der Waals surface area contributed by atoms with Crippen LogP contribution in [0.5, 0.6) is 0 Å². The summed E-state index contributed by atoms with van der Waals surface area (Å²) in [7, 11) is 0. The Hall–Kier alpha value is -2.04. The minimum Gasteiger partial charge on any atom is -0.447 e. The molecule has 2 rings (SSSR count). The van der Waals surface area contributed by atoms with Crippen molar-refractivity contribution in [1.82, 2.24) is 5.32 Å². The number of aryl methyl sites for hydroxylation is 2. The molecule has 1 aliphatic heterocycles. The van der Waals surface area contributed by atoms with Gasteiger partial charge in [-0.15, -0.1) is 0 Å². The van der Waals surface area contributed by atoms with Crippen molar-refractivity contribution in [3.05, 3.63) is 29.3 Å². The fourth-order valence-electron chi connectivity index (χ4n) is 1.70. The van der Waals surface area contributed by atoms with Crippen LogP contribution in [-0.4, -0.2) is 24.6 Å². The predicted molar refractivity (Wildman–Crippen MR) is 62.8 cm³/mol. The molecule has 0 saturated carbocycles. The van der Waals surface area contributed by atoms with Gasteiger partial charge in [0, 0.05) is 5.69 Å². The lowest BCUT2D eigenvalue weighted by molar-refractivity contribution is -0.117. The molecule has 1 aromatic carbocycles. The van der Waals surface area contributed by atoms with Crippen LogP contribution in [0, 0.1) is 13.8 Å². The van der Waals surface area contributed by atoms with Gasteiger partial charge in [0.25, 0.3) is 5.91 Å². The number of carbonyl (C=O) groups excluding carboxylic acids is 2. The van der Waals surface area contributed by atoms with Crippen LogP contribution >= 0.6 is 0 Å². The Balaban J connectivity index is 2.05. The molecule has 1 aliphatic rings. The largest absolute Gasteiger partial charge is 0.447 e. The Bertz CT molecular complexity index is 471. The van der Waals surface area contributed by atoms with E-state index >= 15 is 0 Å². The first kappa shape index (κ1) is 11.4. The van der Waals surface area contributed by atoms with Gasteiger partial charge in [0.1, 0.15) is 12.6 Å². The van der Waals surface area contributed by atoms with Crippen molar-refractivity contribution in [2.75, 3.05) is 11.9 Å². The fraction of sp³-hybridized carbons (Fsp3) is 0.333. The minimum atomic E-state index is -0.608. The molecule has 0 aromatic heterocycles. The summed E-state index contributed by atoms with van der Waals surface area (Å²) < 4.78 is 4.66. The van der Waals surface area contributed by atoms with Crippen molar-refractivity contribution in [2.24, 2.45) is 0 Å². The van der Waals surface area contributed by atoms with E-state index in [-0.39, 0.29) is 12.5 Å². The second-order valence-corrected chi connectivity index (χ2v) is 4.10. The number of nitrogens with one attached hydrogen (secondary N) is 2. The molecule has 0 bridgehead atoms. The zero-order chi connectivity index (χ0) is 12.4. The van der Waals surface area contributed by atoms with Gasteiger partial charge in [-0.1, -0.05) is 17.7 Å². The van der Waals surface area contributed by atoms with Crippen molar-refractivity contribution >= 4 is 17.7 Å². The predicted octanol–water partition coefficient (Wildman–Crippen LogP) is 1.35. The summed E-state index contributed by atoms with van der Waals surface area (Å²) in [5.74, 6) is -0.261. The summed E-state index contributed by atoms with van der Waals surface area (Å²) in [6, 6.07) is 5.15. The molecule has 1 fully saturated rings. The molecule has 0 radical (unpaired) electrons. The molecular weight excluding hydrogens is 220 g/mol. The third kappa shape index (κ3) is 2.55. The maximum absolute atomic E-state index is 11.8. The lowest BCUT2D eigenvalue weighted by Gasteiger charge is -2.11. The quantitative estimate of drug-likeness (QED) is 0.811. The number of benzene rings is 1. The van der Waals surface area contributed by atoms with E-state index in [2.05, 4.69) is 15.4 Å². The van der Waals surface area contributed by atoms with E-state index in [0.29, 0.717) is 0 Å². The summed E-state index contributed by atoms with van der Waals surface area (Å²) in [5, 5.41) is 5.20. The van der Waals surface area contributed by atoms with Crippen molar-refractivity contribution in [3.8, 4) is 0 Å². The highest BCUT2D eigenvalue weighted by atomic mass is 16.6. The smallest absolute Gasteiger partial charge is 0.407 e. The number of hydrogen-bond donors (Lipinski definition) is 2. The van der Waals surface area contributed by atoms with Gasteiger partial charge >= 0.3 is 6.09 Å². The molecular formula is C12H14N2O3. The molecule has 1 aromatic rings. The first-order valence-electron chi connectivity index (χ1n) is 5.37. The second kappa shape index (κ2) is 4.45. The number of ether oxygens (including phenoxy) is 1. The Kier molecular flexibility index (Phi) is 2.99. The van der Waals surface area contributed by atoms with Crippen LogP contribution in [-0.2, 0) is 9.53 Å². The van der Waals surface area contributed by atoms with Crippen molar-refractivity contribution in [2.45, 2.75) is 19.9 Å². The van der Waals surface area contributed by atoms with Crippen molar-refractivity contribution in [3.63, 3.8) is 0 Å². The molecule has 5 heteroatoms. The van der Waals surface area contributed by atoms with Gasteiger partial charge in [-0.25, -0.2) is 4.79 Å². The number of cyclic esters (lactones) is 1. The van der Waals surface area contributed by atoms with Crippen LogP contribution in [0.25, 0.3) is 0 Å². The molecule has 1 atom stereocenters. The van der Waals surface area contributed by atoms with Crippen LogP contribution in [0.2, 0.25) is 0 Å². The van der Waals surface area contributed by atoms with Gasteiger partial charge in [0.15, 0.2) is 0 Å². The summed E-state index contributed by atoms with van der Waals surface area (Å²) in [4.78, 5) is 22.6. The summed E-state index contributed by atoms with van der Waals surface area (Å²) in [6.45, 7) is 3.99. The molecule has 0 spiro atoms. The van der Waals surface area contributed by atoms with Crippen LogP contribution in [0.1, 0.15) is 11.1 Å². The lowest BCUT2D eigenvalue weighted by Crippen LogP contribution is -2.38.